The van der Waals surface area contributed by atoms with E-state index in [2.05, 4.69) is 31.0 Å². The van der Waals surface area contributed by atoms with Gasteiger partial charge in [-0.15, -0.1) is 0 Å². The Morgan fingerprint density at radius 2 is 1.89 bits per heavy atom. The van der Waals surface area contributed by atoms with E-state index in [4.69, 9.17) is 0 Å². The highest BCUT2D eigenvalue weighted by Crippen LogP contribution is 2.49. The molecule has 0 radical (unpaired) electrons. The number of hydrogen-bond acceptors (Lipinski definition) is 2. The first-order valence-electron chi connectivity index (χ1n) is 7.72. The first kappa shape index (κ1) is 13.9. The molecule has 104 valence electrons. The number of carbonyl (C=O) groups excluding carboxylic acids is 1. The third-order valence-electron chi connectivity index (χ3n) is 4.70. The lowest BCUT2D eigenvalue weighted by atomic mass is 10.0. The number of hydrogen-bond donors (Lipinski definition) is 1. The van der Waals surface area contributed by atoms with Crippen molar-refractivity contribution >= 4 is 5.91 Å². The molecule has 1 saturated carbocycles. The van der Waals surface area contributed by atoms with Crippen LogP contribution in [-0.4, -0.2) is 29.6 Å². The highest BCUT2D eigenvalue weighted by molar-refractivity contribution is 5.84. The molecule has 1 heterocycles. The van der Waals surface area contributed by atoms with Crippen LogP contribution < -0.4 is 5.32 Å². The minimum atomic E-state index is 0.0826. The Morgan fingerprint density at radius 3 is 2.39 bits per heavy atom. The fourth-order valence-electron chi connectivity index (χ4n) is 3.11. The van der Waals surface area contributed by atoms with Crippen molar-refractivity contribution in [1.29, 1.82) is 0 Å². The standard InChI is InChI=1S/C15H28N2O/c1-4-7-12-14(18)17(13(16-12)8-5-2)11-15(6-3)9-10-15/h12-13,16H,4-11H2,1-3H3. The highest BCUT2D eigenvalue weighted by atomic mass is 16.2. The second-order valence-corrected chi connectivity index (χ2v) is 6.13. The molecule has 3 heteroatoms. The Bertz CT molecular complexity index is 299. The SMILES string of the molecule is CCCC1NC(CCC)N(CC2(CC)CC2)C1=O. The summed E-state index contributed by atoms with van der Waals surface area (Å²) in [5, 5.41) is 3.54. The third-order valence-corrected chi connectivity index (χ3v) is 4.70. The molecule has 1 saturated heterocycles. The predicted octanol–water partition coefficient (Wildman–Crippen LogP) is 2.90. The first-order valence-corrected chi connectivity index (χ1v) is 7.72. The van der Waals surface area contributed by atoms with Crippen LogP contribution >= 0.6 is 0 Å². The maximum atomic E-state index is 12.5. The van der Waals surface area contributed by atoms with Crippen molar-refractivity contribution in [3.05, 3.63) is 0 Å². The van der Waals surface area contributed by atoms with Crippen molar-refractivity contribution in [2.75, 3.05) is 6.54 Å². The van der Waals surface area contributed by atoms with E-state index in [-0.39, 0.29) is 6.04 Å². The summed E-state index contributed by atoms with van der Waals surface area (Å²) in [6.45, 7) is 7.60. The highest BCUT2D eigenvalue weighted by Gasteiger charge is 2.47. The van der Waals surface area contributed by atoms with Crippen molar-refractivity contribution in [3.8, 4) is 0 Å². The Balaban J connectivity index is 2.02. The molecule has 0 bridgehead atoms. The monoisotopic (exact) mass is 252 g/mol. The van der Waals surface area contributed by atoms with Gasteiger partial charge in [-0.25, -0.2) is 0 Å². The largest absolute Gasteiger partial charge is 0.325 e. The minimum absolute atomic E-state index is 0.0826. The van der Waals surface area contributed by atoms with Gasteiger partial charge in [0.2, 0.25) is 5.91 Å². The molecule has 1 aliphatic carbocycles. The van der Waals surface area contributed by atoms with Gasteiger partial charge >= 0.3 is 0 Å². The molecule has 2 atom stereocenters. The fraction of sp³-hybridized carbons (Fsp3) is 0.933. The van der Waals surface area contributed by atoms with E-state index in [1.54, 1.807) is 0 Å². The minimum Gasteiger partial charge on any atom is -0.325 e. The Hall–Kier alpha value is -0.570. The van der Waals surface area contributed by atoms with Crippen LogP contribution in [0.1, 0.15) is 65.7 Å². The van der Waals surface area contributed by atoms with Gasteiger partial charge in [-0.2, -0.15) is 0 Å². The van der Waals surface area contributed by atoms with E-state index >= 15 is 0 Å². The lowest BCUT2D eigenvalue weighted by Crippen LogP contribution is -2.40. The van der Waals surface area contributed by atoms with E-state index in [0.717, 1.165) is 32.2 Å². The Kier molecular flexibility index (Phi) is 4.31. The van der Waals surface area contributed by atoms with Crippen molar-refractivity contribution in [1.82, 2.24) is 10.2 Å². The van der Waals surface area contributed by atoms with Crippen molar-refractivity contribution in [2.24, 2.45) is 5.41 Å². The molecule has 0 aromatic carbocycles. The molecule has 0 aromatic rings. The molecule has 18 heavy (non-hydrogen) atoms. The molecule has 2 rings (SSSR count). The number of nitrogens with zero attached hydrogens (tertiary/aromatic N) is 1. The van der Waals surface area contributed by atoms with Crippen LogP contribution in [0.5, 0.6) is 0 Å². The van der Waals surface area contributed by atoms with Gasteiger partial charge in [0.25, 0.3) is 0 Å². The molecule has 3 nitrogen and oxygen atoms in total. The molecule has 2 unspecified atom stereocenters. The lowest BCUT2D eigenvalue weighted by molar-refractivity contribution is -0.131. The topological polar surface area (TPSA) is 32.3 Å². The first-order chi connectivity index (χ1) is 8.65. The molecule has 1 amide bonds. The van der Waals surface area contributed by atoms with Gasteiger partial charge in [-0.3, -0.25) is 10.1 Å². The molecular formula is C15H28N2O. The summed E-state index contributed by atoms with van der Waals surface area (Å²) in [5.74, 6) is 0.357. The van der Waals surface area contributed by atoms with Crippen LogP contribution in [0.25, 0.3) is 0 Å². The summed E-state index contributed by atoms with van der Waals surface area (Å²) in [6.07, 6.45) is 8.42. The average molecular weight is 252 g/mol. The lowest BCUT2D eigenvalue weighted by Gasteiger charge is -2.28. The van der Waals surface area contributed by atoms with E-state index in [1.807, 2.05) is 0 Å². The molecule has 2 fully saturated rings. The van der Waals surface area contributed by atoms with Gasteiger partial charge in [-0.1, -0.05) is 33.6 Å². The van der Waals surface area contributed by atoms with Crippen molar-refractivity contribution in [3.63, 3.8) is 0 Å². The maximum Gasteiger partial charge on any atom is 0.241 e. The van der Waals surface area contributed by atoms with Crippen LogP contribution in [0, 0.1) is 5.41 Å². The van der Waals surface area contributed by atoms with Crippen LogP contribution in [0.3, 0.4) is 0 Å². The second-order valence-electron chi connectivity index (χ2n) is 6.13. The molecular weight excluding hydrogens is 224 g/mol. The van der Waals surface area contributed by atoms with Gasteiger partial charge in [0.1, 0.15) is 0 Å². The van der Waals surface area contributed by atoms with E-state index < -0.39 is 0 Å². The second kappa shape index (κ2) is 5.60. The molecule has 2 aliphatic rings. The molecule has 0 spiro atoms. The summed E-state index contributed by atoms with van der Waals surface area (Å²) >= 11 is 0. The average Bonchev–Trinajstić information content (AvgIpc) is 3.09. The Labute approximate surface area is 111 Å². The zero-order valence-corrected chi connectivity index (χ0v) is 12.2. The van der Waals surface area contributed by atoms with Crippen molar-refractivity contribution in [2.45, 2.75) is 77.9 Å². The van der Waals surface area contributed by atoms with E-state index in [0.29, 0.717) is 17.5 Å². The van der Waals surface area contributed by atoms with Gasteiger partial charge in [0.05, 0.1) is 12.2 Å². The van der Waals surface area contributed by atoms with E-state index in [1.165, 1.54) is 19.3 Å². The zero-order valence-electron chi connectivity index (χ0n) is 12.2. The predicted molar refractivity (Wildman–Crippen MR) is 74.2 cm³/mol. The molecule has 1 aliphatic heterocycles. The Morgan fingerprint density at radius 1 is 1.22 bits per heavy atom. The summed E-state index contributed by atoms with van der Waals surface area (Å²) in [4.78, 5) is 14.6. The number of carbonyl (C=O) groups is 1. The number of amides is 1. The van der Waals surface area contributed by atoms with Crippen LogP contribution in [0.4, 0.5) is 0 Å². The number of nitrogens with one attached hydrogen (secondary N) is 1. The smallest absolute Gasteiger partial charge is 0.241 e. The number of rotatable bonds is 7. The fourth-order valence-corrected chi connectivity index (χ4v) is 3.11. The molecule has 1 N–H and O–H groups in total. The normalized spacial score (nSPS) is 29.9. The zero-order chi connectivity index (χ0) is 13.2. The quantitative estimate of drug-likeness (QED) is 0.755. The maximum absolute atomic E-state index is 12.5. The van der Waals surface area contributed by atoms with Gasteiger partial charge in [0.15, 0.2) is 0 Å². The summed E-state index contributed by atoms with van der Waals surface area (Å²) in [7, 11) is 0. The molecule has 0 aromatic heterocycles. The summed E-state index contributed by atoms with van der Waals surface area (Å²) in [6, 6.07) is 0.0826. The third kappa shape index (κ3) is 2.71. The van der Waals surface area contributed by atoms with E-state index in [9.17, 15) is 4.79 Å². The van der Waals surface area contributed by atoms with Crippen LogP contribution in [0.15, 0.2) is 0 Å². The summed E-state index contributed by atoms with van der Waals surface area (Å²) in [5.41, 5.74) is 0.463. The van der Waals surface area contributed by atoms with Crippen LogP contribution in [-0.2, 0) is 4.79 Å². The van der Waals surface area contributed by atoms with Crippen molar-refractivity contribution < 1.29 is 4.79 Å². The summed E-state index contributed by atoms with van der Waals surface area (Å²) < 4.78 is 0. The van der Waals surface area contributed by atoms with Gasteiger partial charge in [0, 0.05) is 6.54 Å². The van der Waals surface area contributed by atoms with Gasteiger partial charge < -0.3 is 4.90 Å². The van der Waals surface area contributed by atoms with Crippen LogP contribution in [0.2, 0.25) is 0 Å². The van der Waals surface area contributed by atoms with Gasteiger partial charge in [-0.05, 0) is 37.5 Å².